The van der Waals surface area contributed by atoms with Gasteiger partial charge in [-0.1, -0.05) is 18.7 Å². The average molecular weight is 188 g/mol. The summed E-state index contributed by atoms with van der Waals surface area (Å²) in [5.41, 5.74) is 2.18. The van der Waals surface area contributed by atoms with Gasteiger partial charge >= 0.3 is 0 Å². The summed E-state index contributed by atoms with van der Waals surface area (Å²) >= 11 is 0. The van der Waals surface area contributed by atoms with Crippen LogP contribution >= 0.6 is 0 Å². The topological polar surface area (TPSA) is 15.3 Å². The molecule has 0 radical (unpaired) electrons. The van der Waals surface area contributed by atoms with Gasteiger partial charge in [0.25, 0.3) is 0 Å². The molecule has 1 aliphatic rings. The summed E-state index contributed by atoms with van der Waals surface area (Å²) in [5, 5.41) is 3.08. The van der Waals surface area contributed by atoms with E-state index < -0.39 is 0 Å². The van der Waals surface area contributed by atoms with Crippen LogP contribution in [0.2, 0.25) is 0 Å². The summed E-state index contributed by atoms with van der Waals surface area (Å²) in [7, 11) is 0. The second kappa shape index (κ2) is 5.12. The smallest absolute Gasteiger partial charge is 0.0620 e. The van der Waals surface area contributed by atoms with Crippen LogP contribution in [0.4, 0.5) is 0 Å². The standard InChI is InChI=1S/C12H16N2/c1-4-13-12-6-5-8-14(10-12)9-7-11(2)3/h4-9,13H,1-2,10H2,3H3/b9-7-. The van der Waals surface area contributed by atoms with E-state index in [2.05, 4.69) is 23.4 Å². The number of nitrogens with one attached hydrogen (secondary N) is 1. The molecule has 0 aromatic rings. The van der Waals surface area contributed by atoms with Crippen LogP contribution in [0.3, 0.4) is 0 Å². The van der Waals surface area contributed by atoms with Gasteiger partial charge in [-0.15, -0.1) is 0 Å². The quantitative estimate of drug-likeness (QED) is 0.682. The highest BCUT2D eigenvalue weighted by atomic mass is 15.1. The van der Waals surface area contributed by atoms with Crippen molar-refractivity contribution in [2.45, 2.75) is 6.92 Å². The van der Waals surface area contributed by atoms with Crippen molar-refractivity contribution in [2.24, 2.45) is 0 Å². The largest absolute Gasteiger partial charge is 0.364 e. The zero-order chi connectivity index (χ0) is 10.4. The number of hydrogen-bond acceptors (Lipinski definition) is 2. The summed E-state index contributed by atoms with van der Waals surface area (Å²) in [6.07, 6.45) is 11.7. The first kappa shape index (κ1) is 10.4. The Hall–Kier alpha value is -1.70. The van der Waals surface area contributed by atoms with Crippen LogP contribution in [0.25, 0.3) is 0 Å². The Morgan fingerprint density at radius 1 is 1.64 bits per heavy atom. The molecule has 1 rings (SSSR count). The fourth-order valence-corrected chi connectivity index (χ4v) is 1.12. The first-order valence-corrected chi connectivity index (χ1v) is 4.56. The van der Waals surface area contributed by atoms with Crippen molar-refractivity contribution in [1.29, 1.82) is 0 Å². The molecule has 0 unspecified atom stereocenters. The van der Waals surface area contributed by atoms with Crippen molar-refractivity contribution < 1.29 is 0 Å². The lowest BCUT2D eigenvalue weighted by atomic mass is 10.3. The predicted octanol–water partition coefficient (Wildman–Crippen LogP) is 2.52. The van der Waals surface area contributed by atoms with Gasteiger partial charge in [0.15, 0.2) is 0 Å². The van der Waals surface area contributed by atoms with E-state index in [1.54, 1.807) is 6.20 Å². The van der Waals surface area contributed by atoms with Gasteiger partial charge in [0, 0.05) is 18.1 Å². The molecular weight excluding hydrogens is 172 g/mol. The Kier molecular flexibility index (Phi) is 3.80. The summed E-state index contributed by atoms with van der Waals surface area (Å²) in [6.45, 7) is 10.3. The molecule has 0 saturated heterocycles. The summed E-state index contributed by atoms with van der Waals surface area (Å²) in [4.78, 5) is 2.08. The first-order chi connectivity index (χ1) is 6.72. The second-order valence-electron chi connectivity index (χ2n) is 3.22. The van der Waals surface area contributed by atoms with Crippen LogP contribution in [-0.4, -0.2) is 11.4 Å². The molecule has 0 spiro atoms. The molecular formula is C12H16N2. The Balaban J connectivity index is 2.53. The third kappa shape index (κ3) is 3.35. The van der Waals surface area contributed by atoms with Crippen molar-refractivity contribution in [1.82, 2.24) is 10.2 Å². The van der Waals surface area contributed by atoms with E-state index in [9.17, 15) is 0 Å². The average Bonchev–Trinajstić information content (AvgIpc) is 2.16. The van der Waals surface area contributed by atoms with E-state index in [1.807, 2.05) is 37.6 Å². The molecule has 0 bridgehead atoms. The van der Waals surface area contributed by atoms with Gasteiger partial charge in [0.2, 0.25) is 0 Å². The normalized spacial score (nSPS) is 15.5. The third-order valence-electron chi connectivity index (χ3n) is 1.77. The molecule has 0 aromatic heterocycles. The molecule has 0 saturated carbocycles. The summed E-state index contributed by atoms with van der Waals surface area (Å²) in [5.74, 6) is 0. The summed E-state index contributed by atoms with van der Waals surface area (Å²) in [6, 6.07) is 0. The minimum atomic E-state index is 0.840. The molecule has 14 heavy (non-hydrogen) atoms. The second-order valence-corrected chi connectivity index (χ2v) is 3.22. The van der Waals surface area contributed by atoms with E-state index >= 15 is 0 Å². The Bertz CT molecular complexity index is 308. The molecule has 2 nitrogen and oxygen atoms in total. The zero-order valence-electron chi connectivity index (χ0n) is 8.53. The van der Waals surface area contributed by atoms with Crippen LogP contribution in [0.15, 0.2) is 61.3 Å². The molecule has 74 valence electrons. The monoisotopic (exact) mass is 188 g/mol. The van der Waals surface area contributed by atoms with Crippen LogP contribution in [0.5, 0.6) is 0 Å². The van der Waals surface area contributed by atoms with E-state index in [4.69, 9.17) is 0 Å². The lowest BCUT2D eigenvalue weighted by Crippen LogP contribution is -2.22. The van der Waals surface area contributed by atoms with Crippen molar-refractivity contribution >= 4 is 0 Å². The maximum atomic E-state index is 3.81. The van der Waals surface area contributed by atoms with Gasteiger partial charge in [-0.25, -0.2) is 0 Å². The third-order valence-corrected chi connectivity index (χ3v) is 1.77. The molecule has 1 heterocycles. The number of nitrogens with zero attached hydrogens (tertiary/aromatic N) is 1. The number of allylic oxidation sites excluding steroid dienone is 4. The van der Waals surface area contributed by atoms with E-state index in [1.165, 1.54) is 0 Å². The fraction of sp³-hybridized carbons (Fsp3) is 0.167. The van der Waals surface area contributed by atoms with Crippen molar-refractivity contribution in [3.8, 4) is 0 Å². The zero-order valence-corrected chi connectivity index (χ0v) is 8.53. The molecule has 0 fully saturated rings. The minimum absolute atomic E-state index is 0.840. The highest BCUT2D eigenvalue weighted by molar-refractivity contribution is 5.21. The molecule has 0 aromatic carbocycles. The SMILES string of the molecule is C=CNC1=CC=CN(/C=C\C(=C)C)C1. The van der Waals surface area contributed by atoms with E-state index in [-0.39, 0.29) is 0 Å². The highest BCUT2D eigenvalue weighted by Gasteiger charge is 2.02. The minimum Gasteiger partial charge on any atom is -0.364 e. The van der Waals surface area contributed by atoms with Gasteiger partial charge < -0.3 is 10.2 Å². The lowest BCUT2D eigenvalue weighted by molar-refractivity contribution is 0.531. The van der Waals surface area contributed by atoms with Crippen molar-refractivity contribution in [3.05, 3.63) is 61.3 Å². The molecule has 1 aliphatic heterocycles. The van der Waals surface area contributed by atoms with Crippen LogP contribution in [0, 0.1) is 0 Å². The first-order valence-electron chi connectivity index (χ1n) is 4.56. The van der Waals surface area contributed by atoms with E-state index in [0.29, 0.717) is 0 Å². The fourth-order valence-electron chi connectivity index (χ4n) is 1.12. The molecule has 2 heteroatoms. The molecule has 0 aliphatic carbocycles. The lowest BCUT2D eigenvalue weighted by Gasteiger charge is -2.20. The van der Waals surface area contributed by atoms with Gasteiger partial charge in [-0.3, -0.25) is 0 Å². The number of hydrogen-bond donors (Lipinski definition) is 1. The maximum absolute atomic E-state index is 3.81. The van der Waals surface area contributed by atoms with Crippen LogP contribution in [-0.2, 0) is 0 Å². The van der Waals surface area contributed by atoms with Gasteiger partial charge in [-0.2, -0.15) is 0 Å². The highest BCUT2D eigenvalue weighted by Crippen LogP contribution is 2.06. The van der Waals surface area contributed by atoms with Gasteiger partial charge in [-0.05, 0) is 31.4 Å². The van der Waals surface area contributed by atoms with E-state index in [0.717, 1.165) is 17.8 Å². The Morgan fingerprint density at radius 3 is 3.07 bits per heavy atom. The van der Waals surface area contributed by atoms with Crippen LogP contribution in [0.1, 0.15) is 6.92 Å². The maximum Gasteiger partial charge on any atom is 0.0620 e. The van der Waals surface area contributed by atoms with Gasteiger partial charge in [0.1, 0.15) is 0 Å². The number of rotatable bonds is 4. The van der Waals surface area contributed by atoms with Crippen molar-refractivity contribution in [3.63, 3.8) is 0 Å². The molecule has 0 amide bonds. The van der Waals surface area contributed by atoms with Crippen molar-refractivity contribution in [2.75, 3.05) is 6.54 Å². The molecule has 1 N–H and O–H groups in total. The Labute approximate surface area is 85.6 Å². The summed E-state index contributed by atoms with van der Waals surface area (Å²) < 4.78 is 0. The van der Waals surface area contributed by atoms with Gasteiger partial charge in [0.05, 0.1) is 6.54 Å². The van der Waals surface area contributed by atoms with Crippen LogP contribution < -0.4 is 5.32 Å². The predicted molar refractivity (Wildman–Crippen MR) is 61.2 cm³/mol. The molecule has 0 atom stereocenters. The Morgan fingerprint density at radius 2 is 2.43 bits per heavy atom.